The Hall–Kier alpha value is -0.920. The molecule has 0 bridgehead atoms. The van der Waals surface area contributed by atoms with Gasteiger partial charge in [-0.05, 0) is 12.1 Å². The Morgan fingerprint density at radius 2 is 2.15 bits per heavy atom. The third kappa shape index (κ3) is 2.27. The molecular weight excluding hydrogens is 214 g/mol. The maximum Gasteiger partial charge on any atom is 0.348 e. The minimum absolute atomic E-state index is 0.0482. The molecule has 0 atom stereocenters. The first kappa shape index (κ1) is 10.2. The summed E-state index contributed by atoms with van der Waals surface area (Å²) in [6, 6.07) is 2.63. The number of esters is 1. The lowest BCUT2D eigenvalue weighted by Crippen LogP contribution is -2.09. The van der Waals surface area contributed by atoms with Crippen LogP contribution in [0.2, 0.25) is 0 Å². The van der Waals surface area contributed by atoms with Gasteiger partial charge < -0.3 is 4.74 Å². The van der Waals surface area contributed by atoms with Crippen LogP contribution in [0.5, 0.6) is 0 Å². The molecule has 0 aliphatic heterocycles. The van der Waals surface area contributed by atoms with Gasteiger partial charge in [0.05, 0.1) is 7.11 Å². The number of sulfonamides is 1. The SMILES string of the molecule is COC(=O)c1ccc(S(N)(=O)=O)s1. The van der Waals surface area contributed by atoms with Crippen molar-refractivity contribution in [2.24, 2.45) is 5.14 Å². The molecule has 0 spiro atoms. The monoisotopic (exact) mass is 221 g/mol. The molecule has 2 N–H and O–H groups in total. The van der Waals surface area contributed by atoms with Gasteiger partial charge in [-0.3, -0.25) is 0 Å². The van der Waals surface area contributed by atoms with Crippen LogP contribution < -0.4 is 5.14 Å². The third-order valence-electron chi connectivity index (χ3n) is 1.25. The van der Waals surface area contributed by atoms with Gasteiger partial charge in [-0.1, -0.05) is 0 Å². The maximum atomic E-state index is 10.9. The number of hydrogen-bond acceptors (Lipinski definition) is 5. The molecule has 7 heteroatoms. The molecule has 1 heterocycles. The van der Waals surface area contributed by atoms with Gasteiger partial charge in [0.15, 0.2) is 0 Å². The highest BCUT2D eigenvalue weighted by atomic mass is 32.2. The van der Waals surface area contributed by atoms with Crippen molar-refractivity contribution < 1.29 is 17.9 Å². The number of carbonyl (C=O) groups excluding carboxylic acids is 1. The molecule has 0 aliphatic rings. The number of carbonyl (C=O) groups is 1. The highest BCUT2D eigenvalue weighted by molar-refractivity contribution is 7.91. The van der Waals surface area contributed by atoms with Gasteiger partial charge in [0.1, 0.15) is 9.09 Å². The lowest BCUT2D eigenvalue weighted by molar-refractivity contribution is 0.0606. The smallest absolute Gasteiger partial charge is 0.348 e. The Morgan fingerprint density at radius 1 is 1.54 bits per heavy atom. The Morgan fingerprint density at radius 3 is 2.54 bits per heavy atom. The average molecular weight is 221 g/mol. The average Bonchev–Trinajstić information content (AvgIpc) is 2.50. The molecule has 0 saturated heterocycles. The van der Waals surface area contributed by atoms with Gasteiger partial charge in [-0.25, -0.2) is 18.4 Å². The molecule has 72 valence electrons. The summed E-state index contributed by atoms with van der Waals surface area (Å²) in [5.41, 5.74) is 0. The molecule has 13 heavy (non-hydrogen) atoms. The second-order valence-corrected chi connectivity index (χ2v) is 5.03. The topological polar surface area (TPSA) is 86.5 Å². The van der Waals surface area contributed by atoms with E-state index in [-0.39, 0.29) is 9.09 Å². The first-order valence-corrected chi connectivity index (χ1v) is 5.52. The third-order valence-corrected chi connectivity index (χ3v) is 3.75. The summed E-state index contributed by atoms with van der Waals surface area (Å²) in [7, 11) is -2.49. The van der Waals surface area contributed by atoms with Crippen LogP contribution in [0.15, 0.2) is 16.3 Å². The van der Waals surface area contributed by atoms with Gasteiger partial charge in [0, 0.05) is 0 Å². The van der Waals surface area contributed by atoms with Crippen molar-refractivity contribution in [1.82, 2.24) is 0 Å². The molecule has 0 unspecified atom stereocenters. The zero-order chi connectivity index (χ0) is 10.1. The molecule has 0 aromatic carbocycles. The van der Waals surface area contributed by atoms with Crippen LogP contribution in [0.3, 0.4) is 0 Å². The number of thiophene rings is 1. The minimum Gasteiger partial charge on any atom is -0.465 e. The van der Waals surface area contributed by atoms with Crippen LogP contribution in [0, 0.1) is 0 Å². The Kier molecular flexibility index (Phi) is 2.69. The molecule has 0 radical (unpaired) electrons. The predicted molar refractivity (Wildman–Crippen MR) is 47.0 cm³/mol. The van der Waals surface area contributed by atoms with Crippen molar-refractivity contribution in [3.8, 4) is 0 Å². The van der Waals surface area contributed by atoms with Crippen molar-refractivity contribution >= 4 is 27.3 Å². The van der Waals surface area contributed by atoms with E-state index in [9.17, 15) is 13.2 Å². The summed E-state index contributed by atoms with van der Waals surface area (Å²) in [5.74, 6) is -0.570. The second-order valence-electron chi connectivity index (χ2n) is 2.16. The van der Waals surface area contributed by atoms with Gasteiger partial charge in [0.2, 0.25) is 10.0 Å². The van der Waals surface area contributed by atoms with E-state index in [1.807, 2.05) is 0 Å². The standard InChI is InChI=1S/C6H7NO4S2/c1-11-6(8)4-2-3-5(12-4)13(7,9)10/h2-3H,1H3,(H2,7,9,10). The number of rotatable bonds is 2. The number of methoxy groups -OCH3 is 1. The van der Waals surface area contributed by atoms with Crippen molar-refractivity contribution in [3.63, 3.8) is 0 Å². The number of ether oxygens (including phenoxy) is 1. The fourth-order valence-electron chi connectivity index (χ4n) is 0.683. The fourth-order valence-corrected chi connectivity index (χ4v) is 2.33. The molecule has 0 aliphatic carbocycles. The van der Waals surface area contributed by atoms with Gasteiger partial charge >= 0.3 is 5.97 Å². The van der Waals surface area contributed by atoms with E-state index in [1.54, 1.807) is 0 Å². The van der Waals surface area contributed by atoms with E-state index >= 15 is 0 Å². The van der Waals surface area contributed by atoms with Crippen LogP contribution >= 0.6 is 11.3 Å². The summed E-state index contributed by atoms with van der Waals surface area (Å²) in [4.78, 5) is 11.1. The largest absolute Gasteiger partial charge is 0.465 e. The van der Waals surface area contributed by atoms with E-state index in [0.29, 0.717) is 0 Å². The highest BCUT2D eigenvalue weighted by Crippen LogP contribution is 2.20. The molecular formula is C6H7NO4S2. The zero-order valence-corrected chi connectivity index (χ0v) is 8.31. The minimum atomic E-state index is -3.71. The van der Waals surface area contributed by atoms with E-state index in [0.717, 1.165) is 11.3 Å². The molecule has 1 rings (SSSR count). The van der Waals surface area contributed by atoms with Crippen LogP contribution in [-0.2, 0) is 14.8 Å². The molecule has 1 aromatic rings. The number of primary sulfonamides is 1. The summed E-state index contributed by atoms with van der Waals surface area (Å²) >= 11 is 0.785. The Labute approximate surface area is 79.2 Å². The van der Waals surface area contributed by atoms with Crippen molar-refractivity contribution in [1.29, 1.82) is 0 Å². The molecule has 0 amide bonds. The molecule has 1 aromatic heterocycles. The first-order chi connectivity index (χ1) is 5.95. The summed E-state index contributed by atoms with van der Waals surface area (Å²) < 4.78 is 25.9. The zero-order valence-electron chi connectivity index (χ0n) is 6.68. The van der Waals surface area contributed by atoms with Crippen molar-refractivity contribution in [2.75, 3.05) is 7.11 Å². The van der Waals surface area contributed by atoms with Crippen molar-refractivity contribution in [3.05, 3.63) is 17.0 Å². The Balaban J connectivity index is 3.07. The van der Waals surface area contributed by atoms with Gasteiger partial charge in [-0.15, -0.1) is 11.3 Å². The Bertz CT molecular complexity index is 420. The summed E-state index contributed by atoms with van der Waals surface area (Å²) in [6.45, 7) is 0. The fraction of sp³-hybridized carbons (Fsp3) is 0.167. The van der Waals surface area contributed by atoms with Crippen LogP contribution in [0.4, 0.5) is 0 Å². The second kappa shape index (κ2) is 3.44. The quantitative estimate of drug-likeness (QED) is 0.722. The van der Waals surface area contributed by atoms with Crippen LogP contribution in [0.25, 0.3) is 0 Å². The highest BCUT2D eigenvalue weighted by Gasteiger charge is 2.15. The predicted octanol–water partition coefficient (Wildman–Crippen LogP) is 0.182. The van der Waals surface area contributed by atoms with Gasteiger partial charge in [-0.2, -0.15) is 0 Å². The van der Waals surface area contributed by atoms with Crippen LogP contribution in [-0.4, -0.2) is 21.5 Å². The lowest BCUT2D eigenvalue weighted by atomic mass is 10.5. The first-order valence-electron chi connectivity index (χ1n) is 3.16. The van der Waals surface area contributed by atoms with E-state index < -0.39 is 16.0 Å². The molecule has 0 saturated carbocycles. The lowest BCUT2D eigenvalue weighted by Gasteiger charge is -1.92. The normalized spacial score (nSPS) is 11.2. The van der Waals surface area contributed by atoms with Crippen LogP contribution in [0.1, 0.15) is 9.67 Å². The van der Waals surface area contributed by atoms with E-state index in [2.05, 4.69) is 4.74 Å². The maximum absolute atomic E-state index is 10.9. The van der Waals surface area contributed by atoms with Crippen molar-refractivity contribution in [2.45, 2.75) is 4.21 Å². The van der Waals surface area contributed by atoms with E-state index in [4.69, 9.17) is 5.14 Å². The molecule has 0 fully saturated rings. The summed E-state index contributed by atoms with van der Waals surface area (Å²) in [6.07, 6.45) is 0. The van der Waals surface area contributed by atoms with E-state index in [1.165, 1.54) is 19.2 Å². The number of nitrogens with two attached hydrogens (primary N) is 1. The summed E-state index contributed by atoms with van der Waals surface area (Å²) in [5, 5.41) is 4.84. The number of hydrogen-bond donors (Lipinski definition) is 1. The molecule has 5 nitrogen and oxygen atoms in total. The van der Waals surface area contributed by atoms with Gasteiger partial charge in [0.25, 0.3) is 0 Å².